The maximum Gasteiger partial charge on any atom is 0.248 e. The zero-order valence-corrected chi connectivity index (χ0v) is 13.8. The summed E-state index contributed by atoms with van der Waals surface area (Å²) in [5, 5.41) is 26.7. The fraction of sp³-hybridized carbons (Fsp3) is 0. The first-order chi connectivity index (χ1) is 6.93. The maximum atomic E-state index is 10.5. The summed E-state index contributed by atoms with van der Waals surface area (Å²) < 4.78 is 0. The van der Waals surface area contributed by atoms with E-state index in [4.69, 9.17) is 21.1 Å². The van der Waals surface area contributed by atoms with Gasteiger partial charge in [-0.25, -0.2) is 0 Å². The summed E-state index contributed by atoms with van der Waals surface area (Å²) in [6.07, 6.45) is 0. The summed E-state index contributed by atoms with van der Waals surface area (Å²) in [5.41, 5.74) is 4.79. The van der Waals surface area contributed by atoms with E-state index in [9.17, 15) is 4.79 Å². The van der Waals surface area contributed by atoms with Crippen LogP contribution in [0.15, 0.2) is 12.1 Å². The van der Waals surface area contributed by atoms with Crippen LogP contribution in [-0.2, 0) is 0 Å². The first-order valence-corrected chi connectivity index (χ1v) is 17.0. The van der Waals surface area contributed by atoms with Crippen LogP contribution in [0.4, 0.5) is 0 Å². The number of hydrogen-bond donors (Lipinski definition) is 4. The van der Waals surface area contributed by atoms with Gasteiger partial charge >= 0.3 is 50.5 Å². The molecule has 1 aromatic carbocycles. The Bertz CT molecular complexity index is 335. The Labute approximate surface area is 116 Å². The Balaban J connectivity index is 0.000000583. The van der Waals surface area contributed by atoms with Gasteiger partial charge in [-0.3, -0.25) is 4.79 Å². The van der Waals surface area contributed by atoms with Gasteiger partial charge in [0.1, 0.15) is 0 Å². The van der Waals surface area contributed by atoms with Crippen molar-refractivity contribution in [3.63, 3.8) is 0 Å². The van der Waals surface area contributed by atoms with Gasteiger partial charge in [0.25, 0.3) is 0 Å². The summed E-state index contributed by atoms with van der Waals surface area (Å²) in [4.78, 5) is 10.5. The van der Waals surface area contributed by atoms with Gasteiger partial charge in [-0.2, -0.15) is 0 Å². The van der Waals surface area contributed by atoms with Crippen molar-refractivity contribution in [3.05, 3.63) is 17.7 Å². The molecule has 0 aromatic heterocycles. The van der Waals surface area contributed by atoms with Crippen molar-refractivity contribution in [2.24, 2.45) is 5.73 Å². The van der Waals surface area contributed by atoms with Crippen LogP contribution in [0.25, 0.3) is 0 Å². The maximum absolute atomic E-state index is 10.5. The molecule has 86 valence electrons. The average molecular weight is 551 g/mol. The molecule has 0 aliphatic carbocycles. The fourth-order valence-corrected chi connectivity index (χ4v) is 0.746. The second kappa shape index (κ2) is 7.54. The molecule has 0 heterocycles. The van der Waals surface area contributed by atoms with E-state index in [0.29, 0.717) is 13.3 Å². The number of halogens is 3. The van der Waals surface area contributed by atoms with Crippen LogP contribution in [0, 0.1) is 0 Å². The standard InChI is InChI=1S/C7H7NO4.HI3/c8-7(12)3-1-4(9)6(11)5(10)2-3;1-3-2/h1-2,9-11H,(H2,8,12);3H. The number of aromatic hydroxyl groups is 3. The molecular weight excluding hydrogens is 543 g/mol. The SMILES string of the molecule is I[IH]I.NC(=O)c1cc(O)c(O)c(O)c1. The van der Waals surface area contributed by atoms with E-state index in [-0.39, 0.29) is 5.56 Å². The molecule has 0 spiro atoms. The molecule has 0 bridgehead atoms. The van der Waals surface area contributed by atoms with Crippen LogP contribution in [0.3, 0.4) is 0 Å². The van der Waals surface area contributed by atoms with Crippen LogP contribution in [0.5, 0.6) is 17.2 Å². The molecule has 0 atom stereocenters. The average Bonchev–Trinajstić information content (AvgIpc) is 2.14. The third-order valence-electron chi connectivity index (χ3n) is 1.35. The quantitative estimate of drug-likeness (QED) is 0.318. The smallest absolute Gasteiger partial charge is 0.248 e. The molecular formula is C7H8I3NO4. The largest absolute Gasteiger partial charge is 0.504 e. The number of nitrogens with two attached hydrogens (primary N) is 1. The third-order valence-corrected chi connectivity index (χ3v) is 1.35. The summed E-state index contributed by atoms with van der Waals surface area (Å²) >= 11 is 5.22. The van der Waals surface area contributed by atoms with Gasteiger partial charge < -0.3 is 21.1 Å². The molecule has 0 saturated heterocycles. The van der Waals surface area contributed by atoms with Gasteiger partial charge in [-0.05, 0) is 12.1 Å². The van der Waals surface area contributed by atoms with Crippen LogP contribution in [-0.4, -0.2) is 21.2 Å². The van der Waals surface area contributed by atoms with Crippen molar-refractivity contribution in [2.45, 2.75) is 0 Å². The number of carbonyl (C=O) groups is 1. The second-order valence-electron chi connectivity index (χ2n) is 2.29. The second-order valence-corrected chi connectivity index (χ2v) is 19.8. The Morgan fingerprint density at radius 1 is 1.20 bits per heavy atom. The van der Waals surface area contributed by atoms with E-state index < -0.39 is 23.2 Å². The number of primary amides is 1. The Morgan fingerprint density at radius 2 is 1.53 bits per heavy atom. The first-order valence-electron chi connectivity index (χ1n) is 3.38. The molecule has 0 aliphatic heterocycles. The van der Waals surface area contributed by atoms with Crippen LogP contribution >= 0.6 is 50.5 Å². The summed E-state index contributed by atoms with van der Waals surface area (Å²) in [6.45, 7) is 0. The fourth-order valence-electron chi connectivity index (χ4n) is 0.746. The summed E-state index contributed by atoms with van der Waals surface area (Å²) in [5.74, 6) is -2.62. The molecule has 8 heteroatoms. The van der Waals surface area contributed by atoms with Crippen LogP contribution in [0.1, 0.15) is 10.4 Å². The van der Waals surface area contributed by atoms with E-state index in [1.54, 1.807) is 0 Å². The van der Waals surface area contributed by atoms with Gasteiger partial charge in [-0.15, -0.1) is 0 Å². The van der Waals surface area contributed by atoms with Crippen molar-refractivity contribution in [1.82, 2.24) is 0 Å². The van der Waals surface area contributed by atoms with E-state index in [1.165, 1.54) is 0 Å². The minimum atomic E-state index is -0.791. The molecule has 0 aliphatic rings. The molecule has 15 heavy (non-hydrogen) atoms. The van der Waals surface area contributed by atoms with Crippen molar-refractivity contribution in [2.75, 3.05) is 0 Å². The van der Waals surface area contributed by atoms with Crippen molar-refractivity contribution in [3.8, 4) is 17.2 Å². The molecule has 5 N–H and O–H groups in total. The van der Waals surface area contributed by atoms with Gasteiger partial charge in [0.05, 0.1) is 0 Å². The zero-order valence-electron chi connectivity index (χ0n) is 7.15. The van der Waals surface area contributed by atoms with Gasteiger partial charge in [-0.1, -0.05) is 0 Å². The van der Waals surface area contributed by atoms with Gasteiger partial charge in [0.2, 0.25) is 5.91 Å². The molecule has 0 fully saturated rings. The van der Waals surface area contributed by atoms with Gasteiger partial charge in [0, 0.05) is 5.56 Å². The number of carbonyl (C=O) groups excluding carboxylic acids is 1. The summed E-state index contributed by atoms with van der Waals surface area (Å²) in [6, 6.07) is 1.94. The minimum Gasteiger partial charge on any atom is -0.504 e. The monoisotopic (exact) mass is 551 g/mol. The first kappa shape index (κ1) is 15.3. The van der Waals surface area contributed by atoms with E-state index in [2.05, 4.69) is 37.2 Å². The molecule has 5 nitrogen and oxygen atoms in total. The number of hydrogen-bond acceptors (Lipinski definition) is 4. The normalized spacial score (nSPS) is 9.20. The Morgan fingerprint density at radius 3 is 1.80 bits per heavy atom. The Kier molecular flexibility index (Phi) is 7.68. The van der Waals surface area contributed by atoms with E-state index in [1.807, 2.05) is 0 Å². The molecule has 0 radical (unpaired) electrons. The molecule has 1 amide bonds. The predicted molar refractivity (Wildman–Crippen MR) is 83.4 cm³/mol. The molecule has 1 aromatic rings. The van der Waals surface area contributed by atoms with Gasteiger partial charge in [0.15, 0.2) is 17.2 Å². The van der Waals surface area contributed by atoms with Crippen LogP contribution in [0.2, 0.25) is 0 Å². The van der Waals surface area contributed by atoms with Crippen LogP contribution < -0.4 is 5.73 Å². The number of phenolic OH excluding ortho intramolecular Hbond substituents is 3. The topological polar surface area (TPSA) is 104 Å². The molecule has 1 rings (SSSR count). The van der Waals surface area contributed by atoms with E-state index in [0.717, 1.165) is 12.1 Å². The van der Waals surface area contributed by atoms with Crippen molar-refractivity contribution < 1.29 is 20.1 Å². The van der Waals surface area contributed by atoms with Crippen molar-refractivity contribution in [1.29, 1.82) is 0 Å². The van der Waals surface area contributed by atoms with E-state index >= 15 is 0 Å². The predicted octanol–water partition coefficient (Wildman–Crippen LogP) is 2.29. The molecule has 0 unspecified atom stereocenters. The number of amides is 1. The zero-order chi connectivity index (χ0) is 12.0. The minimum absolute atomic E-state index is 0.0669. The number of benzene rings is 1. The van der Waals surface area contributed by atoms with Crippen molar-refractivity contribution >= 4 is 56.4 Å². The third kappa shape index (κ3) is 5.24. The number of phenols is 3. The summed E-state index contributed by atoms with van der Waals surface area (Å²) in [7, 11) is 0. The Hall–Kier alpha value is 0.280. The number of rotatable bonds is 1. The molecule has 0 saturated carbocycles.